The third kappa shape index (κ3) is 2.22. The number of carboxylic acid groups (broad SMARTS) is 1. The molecule has 1 aliphatic heterocycles. The highest BCUT2D eigenvalue weighted by molar-refractivity contribution is 6.07. The number of rotatable bonds is 4. The molecule has 1 saturated heterocycles. The van der Waals surface area contributed by atoms with Gasteiger partial charge in [-0.15, -0.1) is 0 Å². The van der Waals surface area contributed by atoms with Crippen LogP contribution in [0.4, 0.5) is 4.79 Å². The van der Waals surface area contributed by atoms with Gasteiger partial charge in [0.1, 0.15) is 5.76 Å². The number of carbonyl (C=O) groups is 3. The van der Waals surface area contributed by atoms with Crippen molar-refractivity contribution in [3.63, 3.8) is 0 Å². The third-order valence-electron chi connectivity index (χ3n) is 2.84. The van der Waals surface area contributed by atoms with Gasteiger partial charge in [0.2, 0.25) is 0 Å². The highest BCUT2D eigenvalue weighted by Crippen LogP contribution is 2.28. The van der Waals surface area contributed by atoms with Gasteiger partial charge in [0.05, 0.1) is 6.26 Å². The minimum Gasteiger partial charge on any atom is -0.478 e. The lowest BCUT2D eigenvalue weighted by Crippen LogP contribution is -2.40. The number of urea groups is 1. The summed E-state index contributed by atoms with van der Waals surface area (Å²) in [4.78, 5) is 35.2. The van der Waals surface area contributed by atoms with Crippen LogP contribution < -0.4 is 5.32 Å². The Hall–Kier alpha value is -2.57. The van der Waals surface area contributed by atoms with Crippen LogP contribution in [0.2, 0.25) is 0 Å². The molecular formula is C12H12N2O5. The summed E-state index contributed by atoms with van der Waals surface area (Å²) in [7, 11) is 0. The second-order valence-corrected chi connectivity index (χ2v) is 4.19. The number of amides is 3. The summed E-state index contributed by atoms with van der Waals surface area (Å²) < 4.78 is 5.16. The second kappa shape index (κ2) is 4.60. The van der Waals surface area contributed by atoms with Crippen LogP contribution in [0.5, 0.6) is 0 Å². The van der Waals surface area contributed by atoms with E-state index in [0.717, 1.165) is 11.0 Å². The van der Waals surface area contributed by atoms with Crippen molar-refractivity contribution in [3.8, 4) is 0 Å². The summed E-state index contributed by atoms with van der Waals surface area (Å²) in [6.45, 7) is 1.43. The predicted molar refractivity (Wildman–Crippen MR) is 63.1 cm³/mol. The Kier molecular flexibility index (Phi) is 3.12. The first-order chi connectivity index (χ1) is 8.95. The SMILES string of the molecule is CC1(c2ccco2)NC(=O)N(C/C=C/C(=O)O)C1=O. The molecule has 0 radical (unpaired) electrons. The largest absolute Gasteiger partial charge is 0.478 e. The van der Waals surface area contributed by atoms with Crippen LogP contribution >= 0.6 is 0 Å². The van der Waals surface area contributed by atoms with Crippen LogP contribution in [0.3, 0.4) is 0 Å². The van der Waals surface area contributed by atoms with Gasteiger partial charge in [-0.3, -0.25) is 9.69 Å². The number of carboxylic acids is 1. The fourth-order valence-corrected chi connectivity index (χ4v) is 1.85. The van der Waals surface area contributed by atoms with E-state index in [1.807, 2.05) is 0 Å². The Morgan fingerprint density at radius 1 is 1.58 bits per heavy atom. The molecule has 1 aliphatic rings. The van der Waals surface area contributed by atoms with E-state index in [4.69, 9.17) is 9.52 Å². The zero-order valence-corrected chi connectivity index (χ0v) is 10.1. The molecule has 1 fully saturated rings. The van der Waals surface area contributed by atoms with Crippen molar-refractivity contribution < 1.29 is 23.9 Å². The Labute approximate surface area is 108 Å². The lowest BCUT2D eigenvalue weighted by molar-refractivity contribution is -0.132. The Morgan fingerprint density at radius 2 is 2.32 bits per heavy atom. The number of furan rings is 1. The van der Waals surface area contributed by atoms with Gasteiger partial charge in [-0.1, -0.05) is 6.08 Å². The van der Waals surface area contributed by atoms with Crippen molar-refractivity contribution >= 4 is 17.9 Å². The number of nitrogens with one attached hydrogen (secondary N) is 1. The first kappa shape index (κ1) is 12.9. The number of aliphatic carboxylic acids is 1. The van der Waals surface area contributed by atoms with E-state index < -0.39 is 23.4 Å². The molecule has 19 heavy (non-hydrogen) atoms. The van der Waals surface area contributed by atoms with Crippen LogP contribution in [-0.4, -0.2) is 34.5 Å². The predicted octanol–water partition coefficient (Wildman–Crippen LogP) is 0.687. The standard InChI is InChI=1S/C12H12N2O5/c1-12(8-4-3-7-19-8)10(17)14(11(18)13-12)6-2-5-9(15)16/h2-5,7H,6H2,1H3,(H,13,18)(H,15,16)/b5-2+. The first-order valence-corrected chi connectivity index (χ1v) is 5.52. The fraction of sp³-hybridized carbons (Fsp3) is 0.250. The van der Waals surface area contributed by atoms with Gasteiger partial charge in [0.25, 0.3) is 5.91 Å². The maximum atomic E-state index is 12.2. The molecular weight excluding hydrogens is 252 g/mol. The molecule has 7 heteroatoms. The van der Waals surface area contributed by atoms with E-state index in [1.165, 1.54) is 19.3 Å². The Bertz CT molecular complexity index is 548. The van der Waals surface area contributed by atoms with E-state index in [2.05, 4.69) is 5.32 Å². The molecule has 1 unspecified atom stereocenters. The van der Waals surface area contributed by atoms with Crippen molar-refractivity contribution in [1.82, 2.24) is 10.2 Å². The van der Waals surface area contributed by atoms with E-state index in [-0.39, 0.29) is 6.54 Å². The van der Waals surface area contributed by atoms with Gasteiger partial charge >= 0.3 is 12.0 Å². The van der Waals surface area contributed by atoms with E-state index in [0.29, 0.717) is 5.76 Å². The number of hydrogen-bond donors (Lipinski definition) is 2. The zero-order chi connectivity index (χ0) is 14.0. The summed E-state index contributed by atoms with van der Waals surface area (Å²) in [6, 6.07) is 2.63. The maximum absolute atomic E-state index is 12.2. The molecule has 1 aromatic rings. The summed E-state index contributed by atoms with van der Waals surface area (Å²) in [6.07, 6.45) is 3.52. The number of imide groups is 1. The van der Waals surface area contributed by atoms with Gasteiger partial charge in [-0.05, 0) is 19.1 Å². The lowest BCUT2D eigenvalue weighted by Gasteiger charge is -2.18. The van der Waals surface area contributed by atoms with E-state index >= 15 is 0 Å². The molecule has 2 N–H and O–H groups in total. The quantitative estimate of drug-likeness (QED) is 0.615. The normalized spacial score (nSPS) is 23.1. The molecule has 3 amide bonds. The topological polar surface area (TPSA) is 99.8 Å². The van der Waals surface area contributed by atoms with Gasteiger partial charge in [0.15, 0.2) is 5.54 Å². The molecule has 1 aromatic heterocycles. The molecule has 0 saturated carbocycles. The smallest absolute Gasteiger partial charge is 0.328 e. The molecule has 0 aliphatic carbocycles. The summed E-state index contributed by atoms with van der Waals surface area (Å²) in [5.41, 5.74) is -1.25. The van der Waals surface area contributed by atoms with Gasteiger partial charge < -0.3 is 14.8 Å². The maximum Gasteiger partial charge on any atom is 0.328 e. The molecule has 2 heterocycles. The average molecular weight is 264 g/mol. The summed E-state index contributed by atoms with van der Waals surface area (Å²) in [5.74, 6) is -1.29. The monoisotopic (exact) mass is 264 g/mol. The third-order valence-corrected chi connectivity index (χ3v) is 2.84. The second-order valence-electron chi connectivity index (χ2n) is 4.19. The Morgan fingerprint density at radius 3 is 2.89 bits per heavy atom. The fourth-order valence-electron chi connectivity index (χ4n) is 1.85. The van der Waals surface area contributed by atoms with E-state index in [1.54, 1.807) is 12.1 Å². The Balaban J connectivity index is 2.19. The average Bonchev–Trinajstić information content (AvgIpc) is 2.92. The van der Waals surface area contributed by atoms with Crippen LogP contribution in [0, 0.1) is 0 Å². The number of nitrogens with zero attached hydrogens (tertiary/aromatic N) is 1. The first-order valence-electron chi connectivity index (χ1n) is 5.52. The van der Waals surface area contributed by atoms with E-state index in [9.17, 15) is 14.4 Å². The van der Waals surface area contributed by atoms with Crippen LogP contribution in [0.25, 0.3) is 0 Å². The molecule has 2 rings (SSSR count). The number of carbonyl (C=O) groups excluding carboxylic acids is 2. The van der Waals surface area contributed by atoms with Crippen LogP contribution in [0.1, 0.15) is 12.7 Å². The molecule has 0 bridgehead atoms. The minimum absolute atomic E-state index is 0.104. The zero-order valence-electron chi connectivity index (χ0n) is 10.1. The van der Waals surface area contributed by atoms with Crippen molar-refractivity contribution in [3.05, 3.63) is 36.3 Å². The van der Waals surface area contributed by atoms with Crippen molar-refractivity contribution in [1.29, 1.82) is 0 Å². The van der Waals surface area contributed by atoms with Crippen molar-refractivity contribution in [2.24, 2.45) is 0 Å². The minimum atomic E-state index is -1.25. The van der Waals surface area contributed by atoms with Gasteiger partial charge in [-0.25, -0.2) is 9.59 Å². The van der Waals surface area contributed by atoms with Crippen LogP contribution in [-0.2, 0) is 15.1 Å². The molecule has 1 atom stereocenters. The van der Waals surface area contributed by atoms with Gasteiger partial charge in [-0.2, -0.15) is 0 Å². The van der Waals surface area contributed by atoms with Gasteiger partial charge in [0, 0.05) is 12.6 Å². The lowest BCUT2D eigenvalue weighted by atomic mass is 9.99. The highest BCUT2D eigenvalue weighted by Gasteiger charge is 2.50. The number of hydrogen-bond acceptors (Lipinski definition) is 4. The van der Waals surface area contributed by atoms with Crippen molar-refractivity contribution in [2.45, 2.75) is 12.5 Å². The highest BCUT2D eigenvalue weighted by atomic mass is 16.4. The summed E-state index contributed by atoms with van der Waals surface area (Å²) >= 11 is 0. The molecule has 0 spiro atoms. The summed E-state index contributed by atoms with van der Waals surface area (Å²) in [5, 5.41) is 11.0. The molecule has 100 valence electrons. The molecule has 7 nitrogen and oxygen atoms in total. The molecule has 0 aromatic carbocycles. The van der Waals surface area contributed by atoms with Crippen LogP contribution in [0.15, 0.2) is 35.0 Å². The van der Waals surface area contributed by atoms with Crippen molar-refractivity contribution in [2.75, 3.05) is 6.54 Å².